The summed E-state index contributed by atoms with van der Waals surface area (Å²) >= 11 is 0. The molecule has 0 unspecified atom stereocenters. The lowest BCUT2D eigenvalue weighted by Gasteiger charge is -2.28. The van der Waals surface area contributed by atoms with Gasteiger partial charge in [-0.3, -0.25) is 0 Å². The van der Waals surface area contributed by atoms with E-state index in [1.807, 2.05) is 0 Å². The summed E-state index contributed by atoms with van der Waals surface area (Å²) in [5.41, 5.74) is -0.324. The largest absolute Gasteiger partial charge is 0.212 e. The van der Waals surface area contributed by atoms with E-state index in [-0.39, 0.29) is 5.92 Å². The molecule has 5 heteroatoms. The van der Waals surface area contributed by atoms with Crippen LogP contribution in [0.3, 0.4) is 0 Å². The zero-order valence-corrected chi connectivity index (χ0v) is 14.7. The molecule has 0 aliphatic carbocycles. The highest BCUT2D eigenvalue weighted by Crippen LogP contribution is 2.37. The van der Waals surface area contributed by atoms with Crippen LogP contribution in [0.25, 0.3) is 5.83 Å². The van der Waals surface area contributed by atoms with Crippen molar-refractivity contribution in [1.82, 2.24) is 0 Å². The van der Waals surface area contributed by atoms with Gasteiger partial charge in [-0.2, -0.15) is 0 Å². The van der Waals surface area contributed by atoms with E-state index < -0.39 is 38.2 Å². The monoisotopic (exact) mass is 344 g/mol. The first-order chi connectivity index (χ1) is 11.1. The van der Waals surface area contributed by atoms with Crippen molar-refractivity contribution < 1.29 is 17.6 Å². The van der Waals surface area contributed by atoms with Gasteiger partial charge in [-0.15, -0.1) is 0 Å². The van der Waals surface area contributed by atoms with Crippen LogP contribution < -0.4 is 0 Å². The lowest BCUT2D eigenvalue weighted by Crippen LogP contribution is -2.20. The Kier molecular flexibility index (Phi) is 6.87. The standard InChI is InChI=1S/C18H24F4Si/c1-2-3-4-7-23-8-5-13(6-9-23)14-10-15(20)18(16(21)11-14)17(22)12-19/h10-13,23H,2-9H2,1H3/b17-12-. The highest BCUT2D eigenvalue weighted by atomic mass is 28.3. The highest BCUT2D eigenvalue weighted by molar-refractivity contribution is 6.59. The minimum Gasteiger partial charge on any atom is -0.212 e. The molecule has 0 nitrogen and oxygen atoms in total. The minimum atomic E-state index is -1.50. The normalized spacial score (nSPS) is 22.4. The van der Waals surface area contributed by atoms with Crippen molar-refractivity contribution in [2.75, 3.05) is 0 Å². The van der Waals surface area contributed by atoms with Gasteiger partial charge in [-0.25, -0.2) is 17.6 Å². The molecule has 1 heterocycles. The lowest BCUT2D eigenvalue weighted by molar-refractivity contribution is 0.542. The second-order valence-corrected chi connectivity index (χ2v) is 9.99. The van der Waals surface area contributed by atoms with Gasteiger partial charge in [-0.05, 0) is 36.5 Å². The number of hydrogen-bond acceptors (Lipinski definition) is 0. The second kappa shape index (κ2) is 8.67. The quantitative estimate of drug-likeness (QED) is 0.314. The van der Waals surface area contributed by atoms with Gasteiger partial charge in [0.05, 0.1) is 5.56 Å². The van der Waals surface area contributed by atoms with Crippen molar-refractivity contribution in [2.45, 2.75) is 63.1 Å². The summed E-state index contributed by atoms with van der Waals surface area (Å²) in [6, 6.07) is 6.13. The van der Waals surface area contributed by atoms with Crippen LogP contribution in [0.5, 0.6) is 0 Å². The van der Waals surface area contributed by atoms with Crippen LogP contribution in [0.2, 0.25) is 18.1 Å². The fourth-order valence-corrected chi connectivity index (χ4v) is 7.06. The second-order valence-electron chi connectivity index (χ2n) is 6.53. The molecule has 2 rings (SSSR count). The molecule has 0 saturated carbocycles. The molecule has 1 aliphatic heterocycles. The molecule has 23 heavy (non-hydrogen) atoms. The third-order valence-corrected chi connectivity index (χ3v) is 8.46. The van der Waals surface area contributed by atoms with Gasteiger partial charge in [-0.1, -0.05) is 44.3 Å². The van der Waals surface area contributed by atoms with E-state index in [1.165, 1.54) is 49.5 Å². The van der Waals surface area contributed by atoms with Gasteiger partial charge >= 0.3 is 0 Å². The summed E-state index contributed by atoms with van der Waals surface area (Å²) < 4.78 is 53.2. The minimum absolute atomic E-state index is 0.139. The van der Waals surface area contributed by atoms with E-state index in [4.69, 9.17) is 0 Å². The number of benzene rings is 1. The van der Waals surface area contributed by atoms with Crippen molar-refractivity contribution in [3.63, 3.8) is 0 Å². The Hall–Kier alpha value is -1.10. The maximum absolute atomic E-state index is 13.9. The van der Waals surface area contributed by atoms with Crippen molar-refractivity contribution in [3.8, 4) is 0 Å². The molecule has 1 aromatic rings. The molecule has 1 fully saturated rings. The average Bonchev–Trinajstić information content (AvgIpc) is 2.54. The summed E-state index contributed by atoms with van der Waals surface area (Å²) in [4.78, 5) is 0. The number of hydrogen-bond donors (Lipinski definition) is 0. The van der Waals surface area contributed by atoms with Crippen LogP contribution in [-0.2, 0) is 0 Å². The summed E-state index contributed by atoms with van der Waals surface area (Å²) in [7, 11) is -0.682. The lowest BCUT2D eigenvalue weighted by atomic mass is 9.92. The Labute approximate surface area is 137 Å². The molecule has 0 amide bonds. The van der Waals surface area contributed by atoms with Crippen molar-refractivity contribution in [1.29, 1.82) is 0 Å². The van der Waals surface area contributed by atoms with Gasteiger partial charge < -0.3 is 0 Å². The van der Waals surface area contributed by atoms with E-state index >= 15 is 0 Å². The molecule has 0 N–H and O–H groups in total. The first kappa shape index (κ1) is 18.2. The van der Waals surface area contributed by atoms with Crippen LogP contribution in [0.1, 0.15) is 56.1 Å². The summed E-state index contributed by atoms with van der Waals surface area (Å²) in [5, 5.41) is 0. The Bertz CT molecular complexity index is 525. The number of halogens is 4. The first-order valence-electron chi connectivity index (χ1n) is 8.52. The Balaban J connectivity index is 2.01. The average molecular weight is 344 g/mol. The SMILES string of the molecule is CCCCC[SiH]1CCC(c2cc(F)c(/C(F)=C/F)c(F)c2)CC1. The smallest absolute Gasteiger partial charge is 0.164 e. The first-order valence-corrected chi connectivity index (χ1v) is 11.0. The van der Waals surface area contributed by atoms with Crippen molar-refractivity contribution >= 4 is 14.6 Å². The fourth-order valence-electron chi connectivity index (χ4n) is 3.58. The molecule has 0 radical (unpaired) electrons. The maximum atomic E-state index is 13.9. The van der Waals surface area contributed by atoms with Crippen molar-refractivity contribution in [2.24, 2.45) is 0 Å². The van der Waals surface area contributed by atoms with Gasteiger partial charge in [0.2, 0.25) is 0 Å². The Morgan fingerprint density at radius 3 is 2.30 bits per heavy atom. The topological polar surface area (TPSA) is 0 Å². The molecule has 0 aromatic heterocycles. The molecular formula is C18H24F4Si. The molecule has 0 bridgehead atoms. The van der Waals surface area contributed by atoms with E-state index in [0.29, 0.717) is 5.56 Å². The Morgan fingerprint density at radius 1 is 1.17 bits per heavy atom. The zero-order valence-electron chi connectivity index (χ0n) is 13.6. The molecule has 0 atom stereocenters. The maximum Gasteiger partial charge on any atom is 0.164 e. The molecule has 1 saturated heterocycles. The molecular weight excluding hydrogens is 320 g/mol. The van der Waals surface area contributed by atoms with Gasteiger partial charge in [0.25, 0.3) is 0 Å². The van der Waals surface area contributed by atoms with Crippen molar-refractivity contribution in [3.05, 3.63) is 41.2 Å². The van der Waals surface area contributed by atoms with E-state index in [1.54, 1.807) is 0 Å². The van der Waals surface area contributed by atoms with Crippen LogP contribution in [0.15, 0.2) is 18.5 Å². The third-order valence-electron chi connectivity index (χ3n) is 4.93. The van der Waals surface area contributed by atoms with Crippen LogP contribution in [0.4, 0.5) is 17.6 Å². The molecule has 1 aliphatic rings. The van der Waals surface area contributed by atoms with E-state index in [2.05, 4.69) is 6.92 Å². The van der Waals surface area contributed by atoms with Gasteiger partial charge in [0.15, 0.2) is 5.83 Å². The summed E-state index contributed by atoms with van der Waals surface area (Å²) in [6.07, 6.45) is 5.35. The fraction of sp³-hybridized carbons (Fsp3) is 0.556. The van der Waals surface area contributed by atoms with E-state index in [0.717, 1.165) is 12.8 Å². The predicted molar refractivity (Wildman–Crippen MR) is 89.6 cm³/mol. The number of unbranched alkanes of at least 4 members (excludes halogenated alkanes) is 2. The van der Waals surface area contributed by atoms with E-state index in [9.17, 15) is 17.6 Å². The van der Waals surface area contributed by atoms with Crippen LogP contribution in [-0.4, -0.2) is 8.80 Å². The number of rotatable bonds is 6. The third kappa shape index (κ3) is 4.69. The van der Waals surface area contributed by atoms with Crippen LogP contribution in [0, 0.1) is 11.6 Å². The van der Waals surface area contributed by atoms with Gasteiger partial charge in [0.1, 0.15) is 18.0 Å². The molecule has 128 valence electrons. The zero-order chi connectivity index (χ0) is 16.8. The van der Waals surface area contributed by atoms with Gasteiger partial charge in [0, 0.05) is 8.80 Å². The summed E-state index contributed by atoms with van der Waals surface area (Å²) in [6.45, 7) is 2.20. The molecule has 0 spiro atoms. The molecule has 1 aromatic carbocycles. The Morgan fingerprint density at radius 2 is 1.78 bits per heavy atom. The van der Waals surface area contributed by atoms with Crippen LogP contribution >= 0.6 is 0 Å². The highest BCUT2D eigenvalue weighted by Gasteiger charge is 2.25. The summed E-state index contributed by atoms with van der Waals surface area (Å²) in [5.74, 6) is -3.40. The predicted octanol–water partition coefficient (Wildman–Crippen LogP) is 6.50.